The number of Topliss-reactive ketones (excluding diaryl/α,β-unsaturated/α-hetero) is 1. The summed E-state index contributed by atoms with van der Waals surface area (Å²) in [5, 5.41) is 0.604. The van der Waals surface area contributed by atoms with Crippen molar-refractivity contribution in [3.63, 3.8) is 0 Å². The fraction of sp³-hybridized carbons (Fsp3) is 0.615. The first-order chi connectivity index (χ1) is 7.63. The minimum absolute atomic E-state index is 0.333. The zero-order valence-electron chi connectivity index (χ0n) is 10.2. The molecule has 0 saturated heterocycles. The van der Waals surface area contributed by atoms with Crippen molar-refractivity contribution in [1.82, 2.24) is 4.57 Å². The number of ketones is 1. The minimum atomic E-state index is 0.333. The molecule has 1 unspecified atom stereocenters. The first-order valence-corrected chi connectivity index (χ1v) is 7.17. The Bertz CT molecular complexity index is 408. The third-order valence-electron chi connectivity index (χ3n) is 3.38. The number of aromatic nitrogens is 1. The van der Waals surface area contributed by atoms with Crippen LogP contribution in [0.2, 0.25) is 0 Å². The lowest BCUT2D eigenvalue weighted by Crippen LogP contribution is -2.17. The highest BCUT2D eigenvalue weighted by atomic mass is 32.2. The van der Waals surface area contributed by atoms with E-state index in [9.17, 15) is 4.79 Å². The lowest BCUT2D eigenvalue weighted by atomic mass is 9.96. The molecular formula is C13H19NOS. The van der Waals surface area contributed by atoms with Crippen LogP contribution in [0.5, 0.6) is 0 Å². The Morgan fingerprint density at radius 2 is 2.25 bits per heavy atom. The van der Waals surface area contributed by atoms with Crippen molar-refractivity contribution in [1.29, 1.82) is 0 Å². The SMILES string of the molecule is CSC(C)Cn1c(C)cc2c1CCCC2=O. The smallest absolute Gasteiger partial charge is 0.164 e. The van der Waals surface area contributed by atoms with E-state index in [4.69, 9.17) is 0 Å². The standard InChI is InChI=1S/C13H19NOS/c1-9-7-11-12(5-4-6-13(11)15)14(9)8-10(2)16-3/h7,10H,4-6,8H2,1-3H3. The van der Waals surface area contributed by atoms with Crippen LogP contribution in [-0.4, -0.2) is 21.9 Å². The summed E-state index contributed by atoms with van der Waals surface area (Å²) < 4.78 is 2.34. The quantitative estimate of drug-likeness (QED) is 0.806. The molecule has 3 heteroatoms. The molecule has 0 bridgehead atoms. The van der Waals surface area contributed by atoms with Gasteiger partial charge in [0.25, 0.3) is 0 Å². The second kappa shape index (κ2) is 4.66. The monoisotopic (exact) mass is 237 g/mol. The molecule has 1 aliphatic carbocycles. The molecule has 0 amide bonds. The van der Waals surface area contributed by atoms with Crippen LogP contribution >= 0.6 is 11.8 Å². The zero-order valence-corrected chi connectivity index (χ0v) is 11.1. The number of thioether (sulfide) groups is 1. The Morgan fingerprint density at radius 3 is 2.94 bits per heavy atom. The van der Waals surface area contributed by atoms with Gasteiger partial charge in [-0.2, -0.15) is 11.8 Å². The van der Waals surface area contributed by atoms with Crippen LogP contribution in [0.15, 0.2) is 6.07 Å². The van der Waals surface area contributed by atoms with Gasteiger partial charge in [0.1, 0.15) is 0 Å². The van der Waals surface area contributed by atoms with Crippen molar-refractivity contribution in [2.24, 2.45) is 0 Å². The topological polar surface area (TPSA) is 22.0 Å². The molecular weight excluding hydrogens is 218 g/mol. The highest BCUT2D eigenvalue weighted by Crippen LogP contribution is 2.26. The molecule has 0 N–H and O–H groups in total. The van der Waals surface area contributed by atoms with E-state index < -0.39 is 0 Å². The van der Waals surface area contributed by atoms with E-state index in [0.29, 0.717) is 11.0 Å². The van der Waals surface area contributed by atoms with Gasteiger partial charge < -0.3 is 4.57 Å². The van der Waals surface area contributed by atoms with E-state index in [1.807, 2.05) is 11.8 Å². The number of hydrogen-bond acceptors (Lipinski definition) is 2. The molecule has 88 valence electrons. The summed E-state index contributed by atoms with van der Waals surface area (Å²) in [5.74, 6) is 0.333. The van der Waals surface area contributed by atoms with E-state index in [2.05, 4.69) is 30.7 Å². The summed E-state index contributed by atoms with van der Waals surface area (Å²) in [5.41, 5.74) is 3.49. The molecule has 0 radical (unpaired) electrons. The van der Waals surface area contributed by atoms with Crippen LogP contribution in [0, 0.1) is 6.92 Å². The maximum Gasteiger partial charge on any atom is 0.164 e. The predicted molar refractivity (Wildman–Crippen MR) is 69.4 cm³/mol. The number of carbonyl (C=O) groups excluding carboxylic acids is 1. The van der Waals surface area contributed by atoms with Gasteiger partial charge in [-0.05, 0) is 32.1 Å². The minimum Gasteiger partial charge on any atom is -0.347 e. The lowest BCUT2D eigenvalue weighted by molar-refractivity contribution is 0.0971. The first kappa shape index (κ1) is 11.8. The third kappa shape index (κ3) is 2.05. The Morgan fingerprint density at radius 1 is 1.50 bits per heavy atom. The van der Waals surface area contributed by atoms with Gasteiger partial charge in [0.05, 0.1) is 0 Å². The third-order valence-corrected chi connectivity index (χ3v) is 4.33. The van der Waals surface area contributed by atoms with Crippen molar-refractivity contribution < 1.29 is 4.79 Å². The average molecular weight is 237 g/mol. The molecule has 1 aliphatic rings. The van der Waals surface area contributed by atoms with Gasteiger partial charge in [-0.3, -0.25) is 4.79 Å². The van der Waals surface area contributed by atoms with Crippen LogP contribution in [0.3, 0.4) is 0 Å². The zero-order chi connectivity index (χ0) is 11.7. The van der Waals surface area contributed by atoms with Crippen LogP contribution in [-0.2, 0) is 13.0 Å². The summed E-state index contributed by atoms with van der Waals surface area (Å²) >= 11 is 1.88. The van der Waals surface area contributed by atoms with Crippen molar-refractivity contribution in [2.45, 2.75) is 44.9 Å². The van der Waals surface area contributed by atoms with Crippen molar-refractivity contribution in [3.05, 3.63) is 23.0 Å². The number of carbonyl (C=O) groups is 1. The molecule has 1 aromatic heterocycles. The summed E-state index contributed by atoms with van der Waals surface area (Å²) in [6.45, 7) is 5.37. The van der Waals surface area contributed by atoms with E-state index in [1.54, 1.807) is 0 Å². The van der Waals surface area contributed by atoms with E-state index in [-0.39, 0.29) is 0 Å². The largest absolute Gasteiger partial charge is 0.347 e. The van der Waals surface area contributed by atoms with E-state index in [0.717, 1.165) is 31.4 Å². The van der Waals surface area contributed by atoms with Gasteiger partial charge >= 0.3 is 0 Å². The van der Waals surface area contributed by atoms with Crippen LogP contribution < -0.4 is 0 Å². The van der Waals surface area contributed by atoms with Gasteiger partial charge in [-0.1, -0.05) is 6.92 Å². The van der Waals surface area contributed by atoms with Gasteiger partial charge in [0.15, 0.2) is 5.78 Å². The second-order valence-corrected chi connectivity index (χ2v) is 5.86. The first-order valence-electron chi connectivity index (χ1n) is 5.88. The van der Waals surface area contributed by atoms with Gasteiger partial charge in [0, 0.05) is 35.2 Å². The van der Waals surface area contributed by atoms with Crippen molar-refractivity contribution in [2.75, 3.05) is 6.26 Å². The summed E-state index contributed by atoms with van der Waals surface area (Å²) in [6.07, 6.45) is 4.95. The molecule has 2 rings (SSSR count). The molecule has 0 saturated carbocycles. The number of nitrogens with zero attached hydrogens (tertiary/aromatic N) is 1. The van der Waals surface area contributed by atoms with Crippen molar-refractivity contribution in [3.8, 4) is 0 Å². The molecule has 1 aromatic rings. The molecule has 1 atom stereocenters. The Kier molecular flexibility index (Phi) is 3.43. The average Bonchev–Trinajstić information content (AvgIpc) is 2.58. The fourth-order valence-electron chi connectivity index (χ4n) is 2.38. The number of fused-ring (bicyclic) bond motifs is 1. The number of aryl methyl sites for hydroxylation is 1. The molecule has 0 spiro atoms. The normalized spacial score (nSPS) is 17.3. The number of hydrogen-bond donors (Lipinski definition) is 0. The number of rotatable bonds is 3. The highest BCUT2D eigenvalue weighted by Gasteiger charge is 2.22. The Labute approximate surface area is 101 Å². The fourth-order valence-corrected chi connectivity index (χ4v) is 2.67. The molecule has 16 heavy (non-hydrogen) atoms. The Balaban J connectivity index is 2.34. The second-order valence-electron chi connectivity index (χ2n) is 4.58. The molecule has 1 heterocycles. The highest BCUT2D eigenvalue weighted by molar-refractivity contribution is 7.99. The Hall–Kier alpha value is -0.700. The molecule has 0 aliphatic heterocycles. The van der Waals surface area contributed by atoms with E-state index in [1.165, 1.54) is 11.4 Å². The summed E-state index contributed by atoms with van der Waals surface area (Å²) in [4.78, 5) is 11.8. The van der Waals surface area contributed by atoms with Gasteiger partial charge in [-0.15, -0.1) is 0 Å². The summed E-state index contributed by atoms with van der Waals surface area (Å²) in [7, 11) is 0. The van der Waals surface area contributed by atoms with Crippen molar-refractivity contribution >= 4 is 17.5 Å². The molecule has 2 nitrogen and oxygen atoms in total. The van der Waals surface area contributed by atoms with Crippen LogP contribution in [0.4, 0.5) is 0 Å². The maximum atomic E-state index is 11.8. The maximum absolute atomic E-state index is 11.8. The molecule has 0 fully saturated rings. The van der Waals surface area contributed by atoms with Crippen LogP contribution in [0.25, 0.3) is 0 Å². The summed E-state index contributed by atoms with van der Waals surface area (Å²) in [6, 6.07) is 2.07. The van der Waals surface area contributed by atoms with Gasteiger partial charge in [0.2, 0.25) is 0 Å². The molecule has 0 aromatic carbocycles. The van der Waals surface area contributed by atoms with Crippen LogP contribution in [0.1, 0.15) is 41.5 Å². The predicted octanol–water partition coefficient (Wildman–Crippen LogP) is 3.07. The lowest BCUT2D eigenvalue weighted by Gasteiger charge is -2.18. The van der Waals surface area contributed by atoms with Gasteiger partial charge in [-0.25, -0.2) is 0 Å². The van der Waals surface area contributed by atoms with E-state index >= 15 is 0 Å².